The number of benzene rings is 1. The maximum atomic E-state index is 5.70. The second-order valence-corrected chi connectivity index (χ2v) is 5.34. The van der Waals surface area contributed by atoms with Crippen LogP contribution in [0.15, 0.2) is 36.5 Å². The van der Waals surface area contributed by atoms with E-state index in [4.69, 9.17) is 5.84 Å². The monoisotopic (exact) mass is 241 g/mol. The molecule has 3 unspecified atom stereocenters. The molecule has 0 aliphatic heterocycles. The van der Waals surface area contributed by atoms with E-state index in [1.54, 1.807) is 0 Å². The van der Waals surface area contributed by atoms with Crippen molar-refractivity contribution < 1.29 is 0 Å². The Hall–Kier alpha value is -1.45. The zero-order valence-electron chi connectivity index (χ0n) is 10.6. The van der Waals surface area contributed by atoms with Gasteiger partial charge in [0.1, 0.15) is 0 Å². The van der Waals surface area contributed by atoms with Gasteiger partial charge in [0.25, 0.3) is 0 Å². The van der Waals surface area contributed by atoms with Crippen LogP contribution in [-0.4, -0.2) is 11.0 Å². The number of hydrogen-bond acceptors (Lipinski definition) is 3. The van der Waals surface area contributed by atoms with Crippen molar-refractivity contribution in [3.63, 3.8) is 0 Å². The SMILES string of the molecule is CC1CC1C(Cc1ccnc2ccccc12)NN. The number of aromatic nitrogens is 1. The minimum Gasteiger partial charge on any atom is -0.271 e. The summed E-state index contributed by atoms with van der Waals surface area (Å²) in [4.78, 5) is 4.40. The second-order valence-electron chi connectivity index (χ2n) is 5.34. The van der Waals surface area contributed by atoms with Gasteiger partial charge in [0, 0.05) is 17.6 Å². The van der Waals surface area contributed by atoms with Gasteiger partial charge in [-0.1, -0.05) is 25.1 Å². The van der Waals surface area contributed by atoms with E-state index in [9.17, 15) is 0 Å². The highest BCUT2D eigenvalue weighted by atomic mass is 15.2. The predicted octanol–water partition coefficient (Wildman–Crippen LogP) is 2.27. The van der Waals surface area contributed by atoms with Gasteiger partial charge in [-0.2, -0.15) is 0 Å². The molecule has 3 N–H and O–H groups in total. The molecule has 18 heavy (non-hydrogen) atoms. The molecule has 0 bridgehead atoms. The average molecular weight is 241 g/mol. The smallest absolute Gasteiger partial charge is 0.0704 e. The molecule has 1 aliphatic rings. The number of fused-ring (bicyclic) bond motifs is 1. The highest BCUT2D eigenvalue weighted by molar-refractivity contribution is 5.81. The molecule has 2 aromatic rings. The first-order chi connectivity index (χ1) is 8.79. The van der Waals surface area contributed by atoms with E-state index in [0.29, 0.717) is 6.04 Å². The van der Waals surface area contributed by atoms with Crippen molar-refractivity contribution in [2.45, 2.75) is 25.8 Å². The minimum atomic E-state index is 0.380. The van der Waals surface area contributed by atoms with Crippen LogP contribution in [0.25, 0.3) is 10.9 Å². The Morgan fingerprint density at radius 3 is 2.89 bits per heavy atom. The van der Waals surface area contributed by atoms with Crippen molar-refractivity contribution in [3.05, 3.63) is 42.1 Å². The lowest BCUT2D eigenvalue weighted by atomic mass is 9.99. The molecule has 3 heteroatoms. The maximum Gasteiger partial charge on any atom is 0.0704 e. The molecule has 0 saturated heterocycles. The Labute approximate surface area is 107 Å². The third-order valence-electron chi connectivity index (χ3n) is 4.08. The number of pyridine rings is 1. The first kappa shape index (κ1) is 11.6. The van der Waals surface area contributed by atoms with Crippen molar-refractivity contribution in [1.29, 1.82) is 0 Å². The van der Waals surface area contributed by atoms with Crippen molar-refractivity contribution in [1.82, 2.24) is 10.4 Å². The molecule has 0 amide bonds. The number of hydrazine groups is 1. The fourth-order valence-electron chi connectivity index (χ4n) is 2.82. The van der Waals surface area contributed by atoms with Crippen molar-refractivity contribution in [2.75, 3.05) is 0 Å². The van der Waals surface area contributed by atoms with E-state index in [1.807, 2.05) is 12.3 Å². The molecular formula is C15H19N3. The molecule has 1 fully saturated rings. The molecule has 0 spiro atoms. The lowest BCUT2D eigenvalue weighted by Gasteiger charge is -2.16. The number of nitrogens with zero attached hydrogens (tertiary/aromatic N) is 1. The van der Waals surface area contributed by atoms with Gasteiger partial charge in [-0.15, -0.1) is 0 Å². The topological polar surface area (TPSA) is 50.9 Å². The van der Waals surface area contributed by atoms with Gasteiger partial charge in [0.2, 0.25) is 0 Å². The molecule has 1 aromatic heterocycles. The molecule has 3 rings (SSSR count). The van der Waals surface area contributed by atoms with E-state index in [1.165, 1.54) is 17.4 Å². The fraction of sp³-hybridized carbons (Fsp3) is 0.400. The number of rotatable bonds is 4. The Balaban J connectivity index is 1.89. The average Bonchev–Trinajstić information content (AvgIpc) is 3.13. The molecule has 94 valence electrons. The van der Waals surface area contributed by atoms with Crippen LogP contribution in [-0.2, 0) is 6.42 Å². The lowest BCUT2D eigenvalue weighted by Crippen LogP contribution is -2.38. The van der Waals surface area contributed by atoms with E-state index in [-0.39, 0.29) is 0 Å². The Kier molecular flexibility index (Phi) is 3.02. The summed E-state index contributed by atoms with van der Waals surface area (Å²) in [5.74, 6) is 7.23. The third kappa shape index (κ3) is 2.11. The van der Waals surface area contributed by atoms with Crippen LogP contribution in [0.2, 0.25) is 0 Å². The van der Waals surface area contributed by atoms with Gasteiger partial charge in [-0.25, -0.2) is 0 Å². The fourth-order valence-corrected chi connectivity index (χ4v) is 2.82. The number of para-hydroxylation sites is 1. The molecule has 3 atom stereocenters. The maximum absolute atomic E-state index is 5.70. The Bertz CT molecular complexity index is 547. The summed E-state index contributed by atoms with van der Waals surface area (Å²) in [5, 5.41) is 1.24. The summed E-state index contributed by atoms with van der Waals surface area (Å²) in [6, 6.07) is 10.8. The second kappa shape index (κ2) is 4.67. The van der Waals surface area contributed by atoms with Crippen LogP contribution in [0.5, 0.6) is 0 Å². The Morgan fingerprint density at radius 1 is 1.39 bits per heavy atom. The third-order valence-corrected chi connectivity index (χ3v) is 4.08. The lowest BCUT2D eigenvalue weighted by molar-refractivity contribution is 0.455. The molecule has 1 saturated carbocycles. The van der Waals surface area contributed by atoms with E-state index in [2.05, 4.69) is 41.6 Å². The van der Waals surface area contributed by atoms with E-state index >= 15 is 0 Å². The van der Waals surface area contributed by atoms with Crippen LogP contribution >= 0.6 is 0 Å². The first-order valence-electron chi connectivity index (χ1n) is 6.58. The highest BCUT2D eigenvalue weighted by Crippen LogP contribution is 2.41. The molecule has 0 radical (unpaired) electrons. The number of nitrogens with two attached hydrogens (primary N) is 1. The number of nitrogens with one attached hydrogen (secondary N) is 1. The van der Waals surface area contributed by atoms with Gasteiger partial charge in [0.15, 0.2) is 0 Å². The van der Waals surface area contributed by atoms with E-state index < -0.39 is 0 Å². The van der Waals surface area contributed by atoms with Crippen molar-refractivity contribution >= 4 is 10.9 Å². The van der Waals surface area contributed by atoms with Gasteiger partial charge in [-0.3, -0.25) is 16.3 Å². The van der Waals surface area contributed by atoms with Gasteiger partial charge < -0.3 is 0 Å². The summed E-state index contributed by atoms with van der Waals surface area (Å²) in [7, 11) is 0. The normalized spacial score (nSPS) is 24.1. The highest BCUT2D eigenvalue weighted by Gasteiger charge is 2.38. The molecular weight excluding hydrogens is 222 g/mol. The van der Waals surface area contributed by atoms with Crippen LogP contribution in [0.3, 0.4) is 0 Å². The zero-order chi connectivity index (χ0) is 12.5. The zero-order valence-corrected chi connectivity index (χ0v) is 10.6. The Morgan fingerprint density at radius 2 is 2.17 bits per heavy atom. The molecule has 3 nitrogen and oxygen atoms in total. The van der Waals surface area contributed by atoms with Crippen molar-refractivity contribution in [3.8, 4) is 0 Å². The first-order valence-corrected chi connectivity index (χ1v) is 6.58. The summed E-state index contributed by atoms with van der Waals surface area (Å²) < 4.78 is 0. The summed E-state index contributed by atoms with van der Waals surface area (Å²) in [5.41, 5.74) is 5.39. The van der Waals surface area contributed by atoms with E-state index in [0.717, 1.165) is 23.8 Å². The summed E-state index contributed by atoms with van der Waals surface area (Å²) >= 11 is 0. The van der Waals surface area contributed by atoms with Crippen LogP contribution in [0, 0.1) is 11.8 Å². The minimum absolute atomic E-state index is 0.380. The van der Waals surface area contributed by atoms with Gasteiger partial charge in [0.05, 0.1) is 5.52 Å². The largest absolute Gasteiger partial charge is 0.271 e. The van der Waals surface area contributed by atoms with Crippen LogP contribution in [0.4, 0.5) is 0 Å². The van der Waals surface area contributed by atoms with Crippen LogP contribution in [0.1, 0.15) is 18.9 Å². The van der Waals surface area contributed by atoms with Gasteiger partial charge >= 0.3 is 0 Å². The van der Waals surface area contributed by atoms with Gasteiger partial charge in [-0.05, 0) is 42.4 Å². The molecule has 1 heterocycles. The number of hydrogen-bond donors (Lipinski definition) is 2. The van der Waals surface area contributed by atoms with Crippen molar-refractivity contribution in [2.24, 2.45) is 17.7 Å². The quantitative estimate of drug-likeness (QED) is 0.637. The molecule has 1 aromatic carbocycles. The summed E-state index contributed by atoms with van der Waals surface area (Å²) in [6.45, 7) is 2.29. The standard InChI is InChI=1S/C15H19N3/c1-10-8-13(10)15(18-16)9-11-6-7-17-14-5-3-2-4-12(11)14/h2-7,10,13,15,18H,8-9,16H2,1H3. The van der Waals surface area contributed by atoms with Crippen LogP contribution < -0.4 is 11.3 Å². The summed E-state index contributed by atoms with van der Waals surface area (Å²) in [6.07, 6.45) is 4.16. The predicted molar refractivity (Wildman–Crippen MR) is 73.8 cm³/mol. The molecule has 1 aliphatic carbocycles.